The lowest BCUT2D eigenvalue weighted by molar-refractivity contribution is -0.142. The van der Waals surface area contributed by atoms with Crippen LogP contribution < -0.4 is 5.32 Å². The number of ether oxygens (including phenoxy) is 1. The normalized spacial score (nSPS) is 11.2. The molecule has 0 bridgehead atoms. The molecule has 6 heteroatoms. The molecule has 138 valence electrons. The van der Waals surface area contributed by atoms with E-state index < -0.39 is 5.97 Å². The fourth-order valence-corrected chi connectivity index (χ4v) is 3.46. The van der Waals surface area contributed by atoms with Crippen molar-refractivity contribution < 1.29 is 14.3 Å². The molecule has 0 atom stereocenters. The Bertz CT molecular complexity index is 959. The summed E-state index contributed by atoms with van der Waals surface area (Å²) in [4.78, 5) is 28.3. The standard InChI is InChI=1S/C21H20N2O3S/c1-14(2)15-7-3-4-8-16(15)22-19(24)13-26-21(25)12-11-20-23-17-9-5-6-10-18(17)27-20/h3-12,14H,13H2,1-2H3,(H,22,24)/b12-11+. The Morgan fingerprint density at radius 3 is 2.67 bits per heavy atom. The summed E-state index contributed by atoms with van der Waals surface area (Å²) in [6.07, 6.45) is 2.88. The van der Waals surface area contributed by atoms with E-state index in [1.54, 1.807) is 6.08 Å². The second-order valence-corrected chi connectivity index (χ2v) is 7.31. The van der Waals surface area contributed by atoms with Crippen molar-refractivity contribution in [2.75, 3.05) is 11.9 Å². The maximum Gasteiger partial charge on any atom is 0.331 e. The minimum atomic E-state index is -0.582. The summed E-state index contributed by atoms with van der Waals surface area (Å²) in [5.41, 5.74) is 2.66. The van der Waals surface area contributed by atoms with Crippen LogP contribution in [0.1, 0.15) is 30.3 Å². The van der Waals surface area contributed by atoms with Crippen LogP contribution >= 0.6 is 11.3 Å². The Labute approximate surface area is 161 Å². The molecule has 27 heavy (non-hydrogen) atoms. The zero-order valence-electron chi connectivity index (χ0n) is 15.1. The van der Waals surface area contributed by atoms with Gasteiger partial charge in [-0.25, -0.2) is 9.78 Å². The molecule has 0 fully saturated rings. The maximum atomic E-state index is 12.1. The van der Waals surface area contributed by atoms with Gasteiger partial charge in [0, 0.05) is 11.8 Å². The van der Waals surface area contributed by atoms with E-state index in [1.165, 1.54) is 17.4 Å². The summed E-state index contributed by atoms with van der Waals surface area (Å²) in [6.45, 7) is 3.77. The van der Waals surface area contributed by atoms with Gasteiger partial charge in [0.05, 0.1) is 10.2 Å². The van der Waals surface area contributed by atoms with Gasteiger partial charge in [0.1, 0.15) is 5.01 Å². The van der Waals surface area contributed by atoms with Crippen molar-refractivity contribution in [2.24, 2.45) is 0 Å². The van der Waals surface area contributed by atoms with Crippen LogP contribution in [0.2, 0.25) is 0 Å². The topological polar surface area (TPSA) is 68.3 Å². The Balaban J connectivity index is 1.53. The number of nitrogens with one attached hydrogen (secondary N) is 1. The molecule has 0 unspecified atom stereocenters. The monoisotopic (exact) mass is 380 g/mol. The minimum Gasteiger partial charge on any atom is -0.452 e. The maximum absolute atomic E-state index is 12.1. The lowest BCUT2D eigenvalue weighted by atomic mass is 10.0. The van der Waals surface area contributed by atoms with Crippen LogP contribution in [0.15, 0.2) is 54.6 Å². The molecule has 0 saturated carbocycles. The molecule has 0 aliphatic heterocycles. The molecule has 1 N–H and O–H groups in total. The van der Waals surface area contributed by atoms with Crippen molar-refractivity contribution in [1.82, 2.24) is 4.98 Å². The van der Waals surface area contributed by atoms with Crippen molar-refractivity contribution in [3.05, 3.63) is 65.2 Å². The number of esters is 1. The van der Waals surface area contributed by atoms with Crippen LogP contribution in [0.25, 0.3) is 16.3 Å². The van der Waals surface area contributed by atoms with Gasteiger partial charge < -0.3 is 10.1 Å². The second-order valence-electron chi connectivity index (χ2n) is 6.25. The SMILES string of the molecule is CC(C)c1ccccc1NC(=O)COC(=O)/C=C/c1nc2ccccc2s1. The summed E-state index contributed by atoms with van der Waals surface area (Å²) >= 11 is 1.48. The molecule has 1 aromatic heterocycles. The van der Waals surface area contributed by atoms with Gasteiger partial charge in [0.15, 0.2) is 6.61 Å². The number of amides is 1. The molecule has 3 rings (SSSR count). The van der Waals surface area contributed by atoms with Crippen molar-refractivity contribution in [3.63, 3.8) is 0 Å². The van der Waals surface area contributed by atoms with Gasteiger partial charge in [-0.05, 0) is 35.8 Å². The van der Waals surface area contributed by atoms with E-state index in [4.69, 9.17) is 4.74 Å². The number of benzene rings is 2. The average Bonchev–Trinajstić information content (AvgIpc) is 3.08. The third-order valence-corrected chi connectivity index (χ3v) is 4.88. The van der Waals surface area contributed by atoms with Gasteiger partial charge >= 0.3 is 5.97 Å². The highest BCUT2D eigenvalue weighted by atomic mass is 32.1. The van der Waals surface area contributed by atoms with Gasteiger partial charge in [0.25, 0.3) is 5.91 Å². The van der Waals surface area contributed by atoms with Gasteiger partial charge in [-0.1, -0.05) is 44.2 Å². The van der Waals surface area contributed by atoms with E-state index in [1.807, 2.05) is 48.5 Å². The largest absolute Gasteiger partial charge is 0.452 e. The van der Waals surface area contributed by atoms with Crippen molar-refractivity contribution >= 4 is 45.2 Å². The Morgan fingerprint density at radius 1 is 1.15 bits per heavy atom. The van der Waals surface area contributed by atoms with E-state index in [9.17, 15) is 9.59 Å². The summed E-state index contributed by atoms with van der Waals surface area (Å²) in [6, 6.07) is 15.3. The summed E-state index contributed by atoms with van der Waals surface area (Å²) in [7, 11) is 0. The lowest BCUT2D eigenvalue weighted by Gasteiger charge is -2.13. The summed E-state index contributed by atoms with van der Waals surface area (Å²) < 4.78 is 6.06. The fraction of sp³-hybridized carbons (Fsp3) is 0.190. The molecule has 0 saturated heterocycles. The van der Waals surface area contributed by atoms with Gasteiger partial charge in [-0.2, -0.15) is 0 Å². The van der Waals surface area contributed by atoms with Gasteiger partial charge in [-0.3, -0.25) is 4.79 Å². The van der Waals surface area contributed by atoms with Crippen LogP contribution in [0.4, 0.5) is 5.69 Å². The number of aromatic nitrogens is 1. The highest BCUT2D eigenvalue weighted by molar-refractivity contribution is 7.19. The Morgan fingerprint density at radius 2 is 1.89 bits per heavy atom. The first-order valence-electron chi connectivity index (χ1n) is 8.62. The molecular weight excluding hydrogens is 360 g/mol. The number of hydrogen-bond acceptors (Lipinski definition) is 5. The van der Waals surface area contributed by atoms with Gasteiger partial charge in [-0.15, -0.1) is 11.3 Å². The zero-order chi connectivity index (χ0) is 19.2. The number of carbonyl (C=O) groups is 2. The molecule has 5 nitrogen and oxygen atoms in total. The molecule has 2 aromatic carbocycles. The van der Waals surface area contributed by atoms with Crippen LogP contribution in [0.3, 0.4) is 0 Å². The van der Waals surface area contributed by atoms with Crippen molar-refractivity contribution in [1.29, 1.82) is 0 Å². The number of carbonyl (C=O) groups excluding carboxylic acids is 2. The van der Waals surface area contributed by atoms with Crippen LogP contribution in [0, 0.1) is 0 Å². The molecule has 3 aromatic rings. The molecule has 0 spiro atoms. The molecule has 0 aliphatic rings. The average molecular weight is 380 g/mol. The predicted octanol–water partition coefficient (Wildman–Crippen LogP) is 4.61. The first-order valence-corrected chi connectivity index (χ1v) is 9.44. The fourth-order valence-electron chi connectivity index (χ4n) is 2.59. The number of hydrogen-bond donors (Lipinski definition) is 1. The molecular formula is C21H20N2O3S. The third-order valence-electron chi connectivity index (χ3n) is 3.87. The van der Waals surface area contributed by atoms with Crippen molar-refractivity contribution in [3.8, 4) is 0 Å². The molecule has 1 heterocycles. The first kappa shape index (κ1) is 18.8. The van der Waals surface area contributed by atoms with E-state index in [0.717, 1.165) is 21.5 Å². The smallest absolute Gasteiger partial charge is 0.331 e. The highest BCUT2D eigenvalue weighted by Crippen LogP contribution is 2.24. The lowest BCUT2D eigenvalue weighted by Crippen LogP contribution is -2.21. The minimum absolute atomic E-state index is 0.279. The first-order chi connectivity index (χ1) is 13.0. The summed E-state index contributed by atoms with van der Waals surface area (Å²) in [5, 5.41) is 3.50. The van der Waals surface area contributed by atoms with Crippen LogP contribution in [-0.2, 0) is 14.3 Å². The van der Waals surface area contributed by atoms with Crippen LogP contribution in [-0.4, -0.2) is 23.5 Å². The predicted molar refractivity (Wildman–Crippen MR) is 109 cm³/mol. The number of para-hydroxylation sites is 2. The third kappa shape index (κ3) is 5.01. The Kier molecular flexibility index (Phi) is 5.98. The van der Waals surface area contributed by atoms with E-state index in [2.05, 4.69) is 24.1 Å². The second kappa shape index (κ2) is 8.60. The number of rotatable bonds is 6. The quantitative estimate of drug-likeness (QED) is 0.501. The number of thiazole rings is 1. The highest BCUT2D eigenvalue weighted by Gasteiger charge is 2.10. The number of fused-ring (bicyclic) bond motifs is 1. The molecule has 1 amide bonds. The number of anilines is 1. The van der Waals surface area contributed by atoms with E-state index >= 15 is 0 Å². The number of nitrogens with zero attached hydrogens (tertiary/aromatic N) is 1. The van der Waals surface area contributed by atoms with E-state index in [-0.39, 0.29) is 18.4 Å². The van der Waals surface area contributed by atoms with E-state index in [0.29, 0.717) is 5.01 Å². The Hall–Kier alpha value is -2.99. The molecule has 0 radical (unpaired) electrons. The van der Waals surface area contributed by atoms with Crippen LogP contribution in [0.5, 0.6) is 0 Å². The molecule has 0 aliphatic carbocycles. The van der Waals surface area contributed by atoms with Gasteiger partial charge in [0.2, 0.25) is 0 Å². The summed E-state index contributed by atoms with van der Waals surface area (Å²) in [5.74, 6) is -0.674. The van der Waals surface area contributed by atoms with Crippen molar-refractivity contribution in [2.45, 2.75) is 19.8 Å². The zero-order valence-corrected chi connectivity index (χ0v) is 16.0.